The molecule has 0 saturated heterocycles. The second-order valence-electron chi connectivity index (χ2n) is 6.52. The predicted molar refractivity (Wildman–Crippen MR) is 108 cm³/mol. The van der Waals surface area contributed by atoms with Gasteiger partial charge in [-0.05, 0) is 18.2 Å². The molecule has 9 heteroatoms. The lowest BCUT2D eigenvalue weighted by Gasteiger charge is -2.20. The summed E-state index contributed by atoms with van der Waals surface area (Å²) in [5.74, 6) is 0.578. The van der Waals surface area contributed by atoms with Crippen molar-refractivity contribution in [3.8, 4) is 17.1 Å². The molecule has 8 nitrogen and oxygen atoms in total. The van der Waals surface area contributed by atoms with Gasteiger partial charge in [0.2, 0.25) is 5.95 Å². The Kier molecular flexibility index (Phi) is 4.56. The molecule has 0 unspecified atom stereocenters. The van der Waals surface area contributed by atoms with Gasteiger partial charge in [-0.1, -0.05) is 24.6 Å². The van der Waals surface area contributed by atoms with Crippen LogP contribution in [0.3, 0.4) is 0 Å². The molecule has 1 aliphatic rings. The third-order valence-corrected chi connectivity index (χ3v) is 4.98. The number of H-pyrrole nitrogens is 1. The number of hydrogen-bond donors (Lipinski definition) is 4. The number of nitrogens with zero attached hydrogens (tertiary/aromatic N) is 2. The number of halogens is 1. The zero-order chi connectivity index (χ0) is 19.8. The molecule has 0 fully saturated rings. The van der Waals surface area contributed by atoms with Crippen LogP contribution >= 0.6 is 11.6 Å². The maximum Gasteiger partial charge on any atom is 0.255 e. The smallest absolute Gasteiger partial charge is 0.255 e. The number of nitrogen functional groups attached to an aromatic ring is 1. The number of nitrogens with two attached hydrogens (primary N) is 1. The van der Waals surface area contributed by atoms with E-state index in [2.05, 4.69) is 25.6 Å². The summed E-state index contributed by atoms with van der Waals surface area (Å²) in [4.78, 5) is 24.3. The van der Waals surface area contributed by atoms with Gasteiger partial charge in [0, 0.05) is 24.4 Å². The number of methoxy groups -OCH3 is 1. The molecule has 1 aliphatic heterocycles. The number of hydrogen-bond acceptors (Lipinski definition) is 6. The largest absolute Gasteiger partial charge is 0.493 e. The van der Waals surface area contributed by atoms with Gasteiger partial charge in [-0.3, -0.25) is 4.79 Å². The van der Waals surface area contributed by atoms with Crippen molar-refractivity contribution in [2.75, 3.05) is 24.7 Å². The average Bonchev–Trinajstić information content (AvgIpc) is 3.06. The lowest BCUT2D eigenvalue weighted by atomic mass is 9.98. The molecule has 5 N–H and O–H groups in total. The predicted octanol–water partition coefficient (Wildman–Crippen LogP) is 3.31. The Hall–Kier alpha value is -3.26. The Morgan fingerprint density at radius 1 is 1.36 bits per heavy atom. The van der Waals surface area contributed by atoms with Crippen molar-refractivity contribution in [2.45, 2.75) is 12.8 Å². The van der Waals surface area contributed by atoms with E-state index in [1.165, 1.54) is 0 Å². The number of ether oxygens (including phenoxy) is 1. The van der Waals surface area contributed by atoms with E-state index in [0.717, 1.165) is 5.69 Å². The Morgan fingerprint density at radius 2 is 2.18 bits per heavy atom. The van der Waals surface area contributed by atoms with Crippen LogP contribution in [0.1, 0.15) is 28.9 Å². The van der Waals surface area contributed by atoms with Gasteiger partial charge in [0.05, 0.1) is 40.5 Å². The minimum Gasteiger partial charge on any atom is -0.493 e. The van der Waals surface area contributed by atoms with Crippen molar-refractivity contribution < 1.29 is 9.53 Å². The molecule has 0 saturated carbocycles. The molecule has 1 atom stereocenters. The molecule has 4 rings (SSSR count). The molecule has 2 aromatic heterocycles. The number of carbonyl (C=O) groups is 1. The fourth-order valence-corrected chi connectivity index (χ4v) is 3.59. The van der Waals surface area contributed by atoms with Crippen molar-refractivity contribution in [1.82, 2.24) is 20.3 Å². The first-order chi connectivity index (χ1) is 13.5. The zero-order valence-electron chi connectivity index (χ0n) is 15.3. The Morgan fingerprint density at radius 3 is 2.93 bits per heavy atom. The van der Waals surface area contributed by atoms with E-state index in [1.807, 2.05) is 13.0 Å². The van der Waals surface area contributed by atoms with Crippen LogP contribution in [0.15, 0.2) is 30.5 Å². The number of aromatic nitrogens is 3. The summed E-state index contributed by atoms with van der Waals surface area (Å²) in [5.41, 5.74) is 9.57. The molecule has 28 heavy (non-hydrogen) atoms. The standard InChI is InChI=1S/C19H19ClN6O2/c1-9-8-23-18(27)13-14(9)26-15(11-6-7-22-19(21)25-11)16(13)24-12-5-3-4-10(20)17(12)28-2/h3-7,9,24,26H,8H2,1-2H3,(H,23,27)(H2,21,22,25)/t9-/m0/s1. The first-order valence-electron chi connectivity index (χ1n) is 8.72. The fraction of sp³-hybridized carbons (Fsp3) is 0.211. The van der Waals surface area contributed by atoms with Crippen LogP contribution < -0.4 is 21.1 Å². The van der Waals surface area contributed by atoms with Crippen molar-refractivity contribution in [3.63, 3.8) is 0 Å². The second-order valence-corrected chi connectivity index (χ2v) is 6.93. The van der Waals surface area contributed by atoms with Gasteiger partial charge in [-0.25, -0.2) is 9.97 Å². The van der Waals surface area contributed by atoms with Crippen LogP contribution in [0.25, 0.3) is 11.4 Å². The third kappa shape index (κ3) is 3.01. The van der Waals surface area contributed by atoms with Crippen molar-refractivity contribution >= 4 is 34.8 Å². The molecule has 0 aliphatic carbocycles. The van der Waals surface area contributed by atoms with Crippen LogP contribution in [0, 0.1) is 0 Å². The molecule has 3 heterocycles. The first kappa shape index (κ1) is 18.1. The number of para-hydroxylation sites is 1. The van der Waals surface area contributed by atoms with E-state index in [0.29, 0.717) is 45.6 Å². The average molecular weight is 399 g/mol. The maximum absolute atomic E-state index is 12.7. The van der Waals surface area contributed by atoms with E-state index in [4.69, 9.17) is 22.1 Å². The molecule has 0 radical (unpaired) electrons. The molecule has 1 amide bonds. The van der Waals surface area contributed by atoms with Crippen molar-refractivity contribution in [3.05, 3.63) is 46.7 Å². The lowest BCUT2D eigenvalue weighted by Crippen LogP contribution is -2.33. The van der Waals surface area contributed by atoms with E-state index in [1.54, 1.807) is 31.5 Å². The number of benzene rings is 1. The number of nitrogens with one attached hydrogen (secondary N) is 3. The van der Waals surface area contributed by atoms with Crippen LogP contribution in [-0.2, 0) is 0 Å². The number of amides is 1. The minimum absolute atomic E-state index is 0.113. The molecule has 0 bridgehead atoms. The van der Waals surface area contributed by atoms with E-state index >= 15 is 0 Å². The molecule has 0 spiro atoms. The Labute approximate surface area is 166 Å². The summed E-state index contributed by atoms with van der Waals surface area (Å²) in [7, 11) is 1.54. The highest BCUT2D eigenvalue weighted by Gasteiger charge is 2.31. The fourth-order valence-electron chi connectivity index (χ4n) is 3.34. The lowest BCUT2D eigenvalue weighted by molar-refractivity contribution is 0.0942. The minimum atomic E-state index is -0.166. The highest BCUT2D eigenvalue weighted by atomic mass is 35.5. The van der Waals surface area contributed by atoms with Crippen LogP contribution in [-0.4, -0.2) is 34.5 Å². The zero-order valence-corrected chi connectivity index (χ0v) is 16.1. The van der Waals surface area contributed by atoms with E-state index in [-0.39, 0.29) is 17.8 Å². The van der Waals surface area contributed by atoms with Crippen molar-refractivity contribution in [2.24, 2.45) is 0 Å². The highest BCUT2D eigenvalue weighted by Crippen LogP contribution is 2.41. The number of aromatic amines is 1. The molecule has 3 aromatic rings. The number of rotatable bonds is 4. The van der Waals surface area contributed by atoms with Crippen LogP contribution in [0.5, 0.6) is 5.75 Å². The first-order valence-corrected chi connectivity index (χ1v) is 9.09. The normalized spacial score (nSPS) is 15.7. The van der Waals surface area contributed by atoms with Crippen molar-refractivity contribution in [1.29, 1.82) is 0 Å². The second kappa shape index (κ2) is 7.05. The quantitative estimate of drug-likeness (QED) is 0.535. The SMILES string of the molecule is COc1c(Cl)cccc1Nc1c(-c2ccnc(N)n2)[nH]c2c1C(=O)NC[C@@H]2C. The van der Waals surface area contributed by atoms with E-state index in [9.17, 15) is 4.79 Å². The van der Waals surface area contributed by atoms with Gasteiger partial charge in [0.25, 0.3) is 5.91 Å². The number of fused-ring (bicyclic) bond motifs is 1. The number of carbonyl (C=O) groups excluding carboxylic acids is 1. The highest BCUT2D eigenvalue weighted by molar-refractivity contribution is 6.32. The van der Waals surface area contributed by atoms with Gasteiger partial charge in [-0.15, -0.1) is 0 Å². The summed E-state index contributed by atoms with van der Waals surface area (Å²) in [6.07, 6.45) is 1.57. The molecular weight excluding hydrogens is 380 g/mol. The van der Waals surface area contributed by atoms with Gasteiger partial charge in [0.15, 0.2) is 5.75 Å². The monoisotopic (exact) mass is 398 g/mol. The summed E-state index contributed by atoms with van der Waals surface area (Å²) in [5, 5.41) is 6.68. The molecule has 144 valence electrons. The summed E-state index contributed by atoms with van der Waals surface area (Å²) in [6, 6.07) is 7.10. The van der Waals surface area contributed by atoms with Gasteiger partial charge in [0.1, 0.15) is 0 Å². The van der Waals surface area contributed by atoms with Gasteiger partial charge in [-0.2, -0.15) is 0 Å². The summed E-state index contributed by atoms with van der Waals surface area (Å²) >= 11 is 6.25. The molecule has 1 aromatic carbocycles. The summed E-state index contributed by atoms with van der Waals surface area (Å²) in [6.45, 7) is 2.59. The number of anilines is 3. The van der Waals surface area contributed by atoms with Gasteiger partial charge >= 0.3 is 0 Å². The van der Waals surface area contributed by atoms with Gasteiger partial charge < -0.3 is 26.1 Å². The maximum atomic E-state index is 12.7. The Balaban J connectivity index is 1.92. The van der Waals surface area contributed by atoms with Crippen LogP contribution in [0.4, 0.5) is 17.3 Å². The van der Waals surface area contributed by atoms with E-state index < -0.39 is 0 Å². The topological polar surface area (TPSA) is 118 Å². The summed E-state index contributed by atoms with van der Waals surface area (Å²) < 4.78 is 5.43. The van der Waals surface area contributed by atoms with Crippen LogP contribution in [0.2, 0.25) is 5.02 Å². The Bertz CT molecular complexity index is 1060. The molecular formula is C19H19ClN6O2. The third-order valence-electron chi connectivity index (χ3n) is 4.68.